The monoisotopic (exact) mass is 250 g/mol. The first-order valence-corrected chi connectivity index (χ1v) is 5.33. The summed E-state index contributed by atoms with van der Waals surface area (Å²) in [7, 11) is 0. The lowest BCUT2D eigenvalue weighted by Crippen LogP contribution is -2.13. The fraction of sp³-hybridized carbons (Fsp3) is 0.231. The van der Waals surface area contributed by atoms with Gasteiger partial charge in [-0.3, -0.25) is 0 Å². The number of esters is 2. The van der Waals surface area contributed by atoms with Crippen molar-refractivity contribution in [3.8, 4) is 11.5 Å². The summed E-state index contributed by atoms with van der Waals surface area (Å²) in [6.07, 6.45) is 0. The summed E-state index contributed by atoms with van der Waals surface area (Å²) >= 11 is 0. The Kier molecular flexibility index (Phi) is 4.48. The SMILES string of the molecule is C=C(C)C(=O)Oc1ccc(O)cc1C(=O)OCC. The summed E-state index contributed by atoms with van der Waals surface area (Å²) in [6.45, 7) is 6.77. The minimum atomic E-state index is -0.669. The van der Waals surface area contributed by atoms with Gasteiger partial charge >= 0.3 is 11.9 Å². The summed E-state index contributed by atoms with van der Waals surface area (Å²) in [6, 6.07) is 3.81. The van der Waals surface area contributed by atoms with Crippen molar-refractivity contribution in [2.45, 2.75) is 13.8 Å². The zero-order valence-corrected chi connectivity index (χ0v) is 10.2. The summed E-state index contributed by atoms with van der Waals surface area (Å²) in [4.78, 5) is 23.0. The normalized spacial score (nSPS) is 9.67. The average molecular weight is 250 g/mol. The second kappa shape index (κ2) is 5.86. The highest BCUT2D eigenvalue weighted by molar-refractivity contribution is 5.95. The van der Waals surface area contributed by atoms with Crippen molar-refractivity contribution in [2.75, 3.05) is 6.61 Å². The zero-order valence-electron chi connectivity index (χ0n) is 10.2. The second-order valence-electron chi connectivity index (χ2n) is 3.57. The van der Waals surface area contributed by atoms with E-state index in [1.165, 1.54) is 25.1 Å². The Bertz CT molecular complexity index is 490. The minimum Gasteiger partial charge on any atom is -0.508 e. The number of hydrogen-bond donors (Lipinski definition) is 1. The predicted molar refractivity (Wildman–Crippen MR) is 64.5 cm³/mol. The Morgan fingerprint density at radius 1 is 1.39 bits per heavy atom. The molecule has 1 aromatic rings. The number of ether oxygens (including phenoxy) is 2. The fourth-order valence-corrected chi connectivity index (χ4v) is 1.16. The van der Waals surface area contributed by atoms with E-state index in [1.54, 1.807) is 6.92 Å². The molecule has 1 aromatic carbocycles. The number of carbonyl (C=O) groups excluding carboxylic acids is 2. The van der Waals surface area contributed by atoms with Crippen LogP contribution >= 0.6 is 0 Å². The standard InChI is InChI=1S/C13H14O5/c1-4-17-13(16)10-7-9(14)5-6-11(10)18-12(15)8(2)3/h5-7,14H,2,4H2,1,3H3. The lowest BCUT2D eigenvalue weighted by molar-refractivity contribution is -0.130. The van der Waals surface area contributed by atoms with Gasteiger partial charge in [0.25, 0.3) is 0 Å². The number of hydrogen-bond acceptors (Lipinski definition) is 5. The Labute approximate surface area is 105 Å². The molecule has 1 rings (SSSR count). The van der Waals surface area contributed by atoms with Crippen LogP contribution in [0.15, 0.2) is 30.4 Å². The summed E-state index contributed by atoms with van der Waals surface area (Å²) < 4.78 is 9.78. The largest absolute Gasteiger partial charge is 0.508 e. The maximum Gasteiger partial charge on any atom is 0.342 e. The molecular weight excluding hydrogens is 236 g/mol. The van der Waals surface area contributed by atoms with E-state index in [9.17, 15) is 14.7 Å². The third kappa shape index (κ3) is 3.35. The van der Waals surface area contributed by atoms with Gasteiger partial charge in [-0.2, -0.15) is 0 Å². The summed E-state index contributed by atoms with van der Waals surface area (Å²) in [5.41, 5.74) is 0.198. The van der Waals surface area contributed by atoms with Gasteiger partial charge in [0.2, 0.25) is 0 Å². The molecule has 0 aromatic heterocycles. The molecule has 5 nitrogen and oxygen atoms in total. The van der Waals surface area contributed by atoms with Crippen molar-refractivity contribution in [3.05, 3.63) is 35.9 Å². The van der Waals surface area contributed by atoms with Crippen LogP contribution in [0.1, 0.15) is 24.2 Å². The molecule has 0 aliphatic carbocycles. The van der Waals surface area contributed by atoms with Gasteiger partial charge in [-0.25, -0.2) is 9.59 Å². The molecule has 0 bridgehead atoms. The fourth-order valence-electron chi connectivity index (χ4n) is 1.16. The van der Waals surface area contributed by atoms with Gasteiger partial charge in [-0.15, -0.1) is 0 Å². The molecule has 0 spiro atoms. The minimum absolute atomic E-state index is 0.00792. The van der Waals surface area contributed by atoms with Gasteiger partial charge in [0.05, 0.1) is 6.61 Å². The third-order valence-electron chi connectivity index (χ3n) is 2.01. The number of phenols is 1. The molecule has 0 fully saturated rings. The molecule has 0 unspecified atom stereocenters. The molecule has 0 saturated carbocycles. The molecule has 0 amide bonds. The predicted octanol–water partition coefficient (Wildman–Crippen LogP) is 2.05. The second-order valence-corrected chi connectivity index (χ2v) is 3.57. The summed E-state index contributed by atoms with van der Waals surface area (Å²) in [5.74, 6) is -1.41. The van der Waals surface area contributed by atoms with Crippen LogP contribution in [0.4, 0.5) is 0 Å². The molecule has 0 atom stereocenters. The van der Waals surface area contributed by atoms with Crippen LogP contribution in [0.3, 0.4) is 0 Å². The number of rotatable bonds is 4. The zero-order chi connectivity index (χ0) is 13.7. The van der Waals surface area contributed by atoms with Crippen LogP contribution in [0.2, 0.25) is 0 Å². The molecule has 0 saturated heterocycles. The lowest BCUT2D eigenvalue weighted by Gasteiger charge is -2.09. The lowest BCUT2D eigenvalue weighted by atomic mass is 10.2. The Hall–Kier alpha value is -2.30. The Morgan fingerprint density at radius 2 is 2.06 bits per heavy atom. The highest BCUT2D eigenvalue weighted by Gasteiger charge is 2.17. The molecular formula is C13H14O5. The van der Waals surface area contributed by atoms with Crippen molar-refractivity contribution in [2.24, 2.45) is 0 Å². The van der Waals surface area contributed by atoms with E-state index >= 15 is 0 Å². The molecule has 0 radical (unpaired) electrons. The van der Waals surface area contributed by atoms with Gasteiger partial charge in [-0.1, -0.05) is 6.58 Å². The molecule has 96 valence electrons. The Morgan fingerprint density at radius 3 is 2.61 bits per heavy atom. The first-order valence-electron chi connectivity index (χ1n) is 5.33. The molecule has 0 heterocycles. The van der Waals surface area contributed by atoms with E-state index < -0.39 is 11.9 Å². The van der Waals surface area contributed by atoms with Gasteiger partial charge < -0.3 is 14.6 Å². The van der Waals surface area contributed by atoms with Gasteiger partial charge in [0.15, 0.2) is 0 Å². The van der Waals surface area contributed by atoms with E-state index in [1.807, 2.05) is 0 Å². The highest BCUT2D eigenvalue weighted by Crippen LogP contribution is 2.25. The molecule has 1 N–H and O–H groups in total. The summed E-state index contributed by atoms with van der Waals surface area (Å²) in [5, 5.41) is 9.33. The van der Waals surface area contributed by atoms with Crippen LogP contribution in [0, 0.1) is 0 Å². The van der Waals surface area contributed by atoms with Gasteiger partial charge in [0, 0.05) is 5.57 Å². The van der Waals surface area contributed by atoms with Gasteiger partial charge in [0.1, 0.15) is 17.1 Å². The first kappa shape index (κ1) is 13.8. The maximum atomic E-state index is 11.6. The first-order chi connectivity index (χ1) is 8.45. The molecule has 0 aliphatic rings. The van der Waals surface area contributed by atoms with Crippen molar-refractivity contribution in [1.82, 2.24) is 0 Å². The van der Waals surface area contributed by atoms with Crippen LogP contribution in [0.5, 0.6) is 11.5 Å². The quantitative estimate of drug-likeness (QED) is 0.503. The van der Waals surface area contributed by atoms with E-state index in [-0.39, 0.29) is 29.2 Å². The van der Waals surface area contributed by atoms with E-state index in [0.29, 0.717) is 0 Å². The smallest absolute Gasteiger partial charge is 0.342 e. The van der Waals surface area contributed by atoms with Crippen LogP contribution in [-0.2, 0) is 9.53 Å². The number of carbonyl (C=O) groups is 2. The Balaban J connectivity index is 3.07. The third-order valence-corrected chi connectivity index (χ3v) is 2.01. The van der Waals surface area contributed by atoms with Crippen molar-refractivity contribution in [3.63, 3.8) is 0 Å². The highest BCUT2D eigenvalue weighted by atomic mass is 16.5. The van der Waals surface area contributed by atoms with Crippen molar-refractivity contribution < 1.29 is 24.2 Å². The van der Waals surface area contributed by atoms with Crippen LogP contribution < -0.4 is 4.74 Å². The number of aromatic hydroxyl groups is 1. The van der Waals surface area contributed by atoms with Crippen molar-refractivity contribution >= 4 is 11.9 Å². The van der Waals surface area contributed by atoms with Gasteiger partial charge in [-0.05, 0) is 32.0 Å². The van der Waals surface area contributed by atoms with E-state index in [2.05, 4.69) is 6.58 Å². The number of benzene rings is 1. The van der Waals surface area contributed by atoms with E-state index in [4.69, 9.17) is 9.47 Å². The van der Waals surface area contributed by atoms with Crippen LogP contribution in [0.25, 0.3) is 0 Å². The maximum absolute atomic E-state index is 11.6. The van der Waals surface area contributed by atoms with Crippen molar-refractivity contribution in [1.29, 1.82) is 0 Å². The van der Waals surface area contributed by atoms with Crippen LogP contribution in [-0.4, -0.2) is 23.7 Å². The molecule has 0 aliphatic heterocycles. The number of phenolic OH excluding ortho intramolecular Hbond substituents is 1. The topological polar surface area (TPSA) is 72.8 Å². The van der Waals surface area contributed by atoms with E-state index in [0.717, 1.165) is 0 Å². The molecule has 18 heavy (non-hydrogen) atoms. The molecule has 5 heteroatoms. The average Bonchev–Trinajstić information content (AvgIpc) is 2.31.